The zero-order valence-electron chi connectivity index (χ0n) is 18.8. The van der Waals surface area contributed by atoms with Crippen molar-refractivity contribution >= 4 is 27.8 Å². The minimum Gasteiger partial charge on any atom is -0.377 e. The maximum atomic E-state index is 5.69. The van der Waals surface area contributed by atoms with E-state index in [2.05, 4.69) is 26.9 Å². The summed E-state index contributed by atoms with van der Waals surface area (Å²) in [5.41, 5.74) is 6.34. The van der Waals surface area contributed by atoms with Crippen molar-refractivity contribution in [3.05, 3.63) is 48.5 Å². The number of fused-ring (bicyclic) bond motifs is 2. The van der Waals surface area contributed by atoms with Crippen molar-refractivity contribution in [1.29, 1.82) is 0 Å². The number of H-pyrrole nitrogens is 1. The van der Waals surface area contributed by atoms with Crippen LogP contribution >= 0.6 is 0 Å². The highest BCUT2D eigenvalue weighted by molar-refractivity contribution is 5.95. The normalized spacial score (nSPS) is 16.7. The summed E-state index contributed by atoms with van der Waals surface area (Å²) in [7, 11) is 1.93. The van der Waals surface area contributed by atoms with Gasteiger partial charge in [-0.2, -0.15) is 5.10 Å². The molecule has 166 valence electrons. The number of anilines is 1. The molecular formula is C24H24N8O. The fraction of sp³-hybridized carbons (Fsp3) is 0.292. The molecule has 1 fully saturated rings. The fourth-order valence-electron chi connectivity index (χ4n) is 4.57. The molecular weight excluding hydrogens is 416 g/mol. The molecule has 6 heterocycles. The third-order valence-electron chi connectivity index (χ3n) is 6.25. The quantitative estimate of drug-likeness (QED) is 0.458. The minimum absolute atomic E-state index is 0.176. The number of pyridine rings is 2. The zero-order valence-corrected chi connectivity index (χ0v) is 18.8. The Balaban J connectivity index is 1.60. The molecule has 0 aliphatic carbocycles. The molecule has 33 heavy (non-hydrogen) atoms. The summed E-state index contributed by atoms with van der Waals surface area (Å²) < 4.78 is 7.55. The second kappa shape index (κ2) is 7.63. The molecule has 9 heteroatoms. The largest absolute Gasteiger partial charge is 0.377 e. The topological polar surface area (TPSA) is 97.6 Å². The van der Waals surface area contributed by atoms with Crippen molar-refractivity contribution in [1.82, 2.24) is 34.7 Å². The number of morpholine rings is 1. The van der Waals surface area contributed by atoms with E-state index < -0.39 is 0 Å². The van der Waals surface area contributed by atoms with E-state index >= 15 is 0 Å². The highest BCUT2D eigenvalue weighted by Gasteiger charge is 2.25. The molecule has 5 aromatic rings. The van der Waals surface area contributed by atoms with Crippen molar-refractivity contribution in [3.8, 4) is 22.8 Å². The molecule has 5 aromatic heterocycles. The summed E-state index contributed by atoms with van der Waals surface area (Å²) in [6.07, 6.45) is 7.40. The van der Waals surface area contributed by atoms with Gasteiger partial charge >= 0.3 is 0 Å². The van der Waals surface area contributed by atoms with Crippen LogP contribution in [-0.4, -0.2) is 60.5 Å². The van der Waals surface area contributed by atoms with Crippen molar-refractivity contribution in [2.24, 2.45) is 7.05 Å². The van der Waals surface area contributed by atoms with Gasteiger partial charge in [0.2, 0.25) is 0 Å². The number of hydrogen-bond donors (Lipinski definition) is 1. The number of rotatable bonds is 3. The average Bonchev–Trinajstić information content (AvgIpc) is 3.44. The van der Waals surface area contributed by atoms with E-state index in [-0.39, 0.29) is 6.04 Å². The first-order chi connectivity index (χ1) is 16.1. The number of hydrogen-bond acceptors (Lipinski definition) is 7. The van der Waals surface area contributed by atoms with Crippen LogP contribution < -0.4 is 4.90 Å². The van der Waals surface area contributed by atoms with Crippen LogP contribution in [0.3, 0.4) is 0 Å². The predicted molar refractivity (Wildman–Crippen MR) is 127 cm³/mol. The SMILES string of the molecule is Cc1cnn(C)c1-c1ccc2nc(-c3cncc4[nH]ccc34)nc(N3CCOC[C@H]3C)c2n1. The van der Waals surface area contributed by atoms with E-state index in [1.807, 2.05) is 61.6 Å². The molecule has 0 bridgehead atoms. The smallest absolute Gasteiger partial charge is 0.164 e. The molecule has 1 saturated heterocycles. The second-order valence-corrected chi connectivity index (χ2v) is 8.48. The maximum absolute atomic E-state index is 5.69. The van der Waals surface area contributed by atoms with E-state index in [0.29, 0.717) is 19.0 Å². The van der Waals surface area contributed by atoms with Gasteiger partial charge < -0.3 is 14.6 Å². The number of nitrogens with one attached hydrogen (secondary N) is 1. The average molecular weight is 441 g/mol. The Bertz CT molecular complexity index is 1470. The van der Waals surface area contributed by atoms with Gasteiger partial charge in [0.25, 0.3) is 0 Å². The summed E-state index contributed by atoms with van der Waals surface area (Å²) >= 11 is 0. The molecule has 0 aromatic carbocycles. The van der Waals surface area contributed by atoms with E-state index in [0.717, 1.165) is 56.8 Å². The Labute approximate surface area is 190 Å². The van der Waals surface area contributed by atoms with Crippen LogP contribution in [-0.2, 0) is 11.8 Å². The van der Waals surface area contributed by atoms with Crippen molar-refractivity contribution in [2.45, 2.75) is 19.9 Å². The van der Waals surface area contributed by atoms with Gasteiger partial charge in [-0.25, -0.2) is 15.0 Å². The number of aromatic nitrogens is 7. The van der Waals surface area contributed by atoms with Crippen LogP contribution in [0.1, 0.15) is 12.5 Å². The van der Waals surface area contributed by atoms with Crippen molar-refractivity contribution < 1.29 is 4.74 Å². The van der Waals surface area contributed by atoms with Gasteiger partial charge in [0.15, 0.2) is 11.6 Å². The number of ether oxygens (including phenoxy) is 1. The van der Waals surface area contributed by atoms with E-state index in [1.54, 1.807) is 0 Å². The Morgan fingerprint density at radius 3 is 2.82 bits per heavy atom. The molecule has 1 N–H and O–H groups in total. The Hall–Kier alpha value is -3.85. The van der Waals surface area contributed by atoms with Crippen molar-refractivity contribution in [2.75, 3.05) is 24.7 Å². The van der Waals surface area contributed by atoms with Crippen LogP contribution in [0.15, 0.2) is 43.0 Å². The minimum atomic E-state index is 0.176. The van der Waals surface area contributed by atoms with Crippen LogP contribution in [0, 0.1) is 6.92 Å². The highest BCUT2D eigenvalue weighted by atomic mass is 16.5. The Morgan fingerprint density at radius 2 is 2.00 bits per heavy atom. The summed E-state index contributed by atoms with van der Waals surface area (Å²) in [6, 6.07) is 6.23. The first-order valence-corrected chi connectivity index (χ1v) is 11.0. The Kier molecular flexibility index (Phi) is 4.58. The molecule has 0 amide bonds. The number of aromatic amines is 1. The van der Waals surface area contributed by atoms with Crippen LogP contribution in [0.2, 0.25) is 0 Å². The molecule has 1 aliphatic rings. The molecule has 0 radical (unpaired) electrons. The predicted octanol–water partition coefficient (Wildman–Crippen LogP) is 3.50. The summed E-state index contributed by atoms with van der Waals surface area (Å²) in [6.45, 7) is 6.24. The van der Waals surface area contributed by atoms with Gasteiger partial charge in [-0.3, -0.25) is 9.67 Å². The number of nitrogens with zero attached hydrogens (tertiary/aromatic N) is 7. The summed E-state index contributed by atoms with van der Waals surface area (Å²) in [4.78, 5) is 24.9. The lowest BCUT2D eigenvalue weighted by Gasteiger charge is -2.34. The summed E-state index contributed by atoms with van der Waals surface area (Å²) in [5, 5.41) is 5.43. The van der Waals surface area contributed by atoms with Crippen LogP contribution in [0.4, 0.5) is 5.82 Å². The molecule has 0 saturated carbocycles. The zero-order chi connectivity index (χ0) is 22.5. The maximum Gasteiger partial charge on any atom is 0.164 e. The summed E-state index contributed by atoms with van der Waals surface area (Å²) in [5.74, 6) is 1.46. The van der Waals surface area contributed by atoms with Gasteiger partial charge in [0.05, 0.1) is 54.1 Å². The lowest BCUT2D eigenvalue weighted by atomic mass is 10.1. The lowest BCUT2D eigenvalue weighted by molar-refractivity contribution is 0.0987. The first-order valence-electron chi connectivity index (χ1n) is 11.0. The van der Waals surface area contributed by atoms with E-state index in [4.69, 9.17) is 19.7 Å². The monoisotopic (exact) mass is 440 g/mol. The second-order valence-electron chi connectivity index (χ2n) is 8.48. The third kappa shape index (κ3) is 3.23. The molecule has 0 spiro atoms. The van der Waals surface area contributed by atoms with Gasteiger partial charge in [0.1, 0.15) is 5.52 Å². The van der Waals surface area contributed by atoms with Gasteiger partial charge in [0, 0.05) is 36.9 Å². The number of aryl methyl sites for hydroxylation is 2. The molecule has 6 rings (SSSR count). The molecule has 9 nitrogen and oxygen atoms in total. The molecule has 1 atom stereocenters. The van der Waals surface area contributed by atoms with Crippen LogP contribution in [0.25, 0.3) is 44.7 Å². The first kappa shape index (κ1) is 19.8. The molecule has 0 unspecified atom stereocenters. The van der Waals surface area contributed by atoms with Gasteiger partial charge in [-0.05, 0) is 37.6 Å². The van der Waals surface area contributed by atoms with Gasteiger partial charge in [-0.1, -0.05) is 0 Å². The van der Waals surface area contributed by atoms with Gasteiger partial charge in [-0.15, -0.1) is 0 Å². The van der Waals surface area contributed by atoms with Crippen molar-refractivity contribution in [3.63, 3.8) is 0 Å². The standard InChI is InChI=1S/C24H24N8O/c1-14-10-27-31(3)22(14)19-5-4-18-21(28-19)24(32-8-9-33-13-15(32)2)30-23(29-18)17-11-25-12-20-16(17)6-7-26-20/h4-7,10-12,15,26H,8-9,13H2,1-3H3/t15-/m1/s1. The fourth-order valence-corrected chi connectivity index (χ4v) is 4.57. The van der Waals surface area contributed by atoms with E-state index in [9.17, 15) is 0 Å². The molecule has 1 aliphatic heterocycles. The van der Waals surface area contributed by atoms with E-state index in [1.165, 1.54) is 0 Å². The lowest BCUT2D eigenvalue weighted by Crippen LogP contribution is -2.44. The van der Waals surface area contributed by atoms with Crippen LogP contribution in [0.5, 0.6) is 0 Å². The Morgan fingerprint density at radius 1 is 1.09 bits per heavy atom. The third-order valence-corrected chi connectivity index (χ3v) is 6.25. The highest BCUT2D eigenvalue weighted by Crippen LogP contribution is 2.33.